The number of fused-ring (bicyclic) bond motifs is 1. The largest absolute Gasteiger partial charge is 0.352 e. The normalized spacial score (nSPS) is 13.5. The molecule has 1 N–H and O–H groups in total. The maximum Gasteiger partial charge on any atom is 0.228 e. The molecule has 0 saturated carbocycles. The third-order valence-corrected chi connectivity index (χ3v) is 6.72. The van der Waals surface area contributed by atoms with Crippen molar-refractivity contribution >= 4 is 34.3 Å². The van der Waals surface area contributed by atoms with Crippen LogP contribution in [0.2, 0.25) is 0 Å². The predicted molar refractivity (Wildman–Crippen MR) is 150 cm³/mol. The number of hydrogen-bond acceptors (Lipinski definition) is 7. The lowest BCUT2D eigenvalue weighted by Gasteiger charge is -2.35. The van der Waals surface area contributed by atoms with E-state index in [1.807, 2.05) is 66.9 Å². The highest BCUT2D eigenvalue weighted by Gasteiger charge is 2.20. The third-order valence-electron chi connectivity index (χ3n) is 6.72. The van der Waals surface area contributed by atoms with Crippen molar-refractivity contribution in [2.24, 2.45) is 0 Å². The molecule has 5 aromatic rings. The summed E-state index contributed by atoms with van der Waals surface area (Å²) in [5.41, 5.74) is 5.59. The first-order valence-corrected chi connectivity index (χ1v) is 12.7. The van der Waals surface area contributed by atoms with E-state index in [2.05, 4.69) is 42.2 Å². The van der Waals surface area contributed by atoms with Crippen LogP contribution in [0.3, 0.4) is 0 Å². The van der Waals surface area contributed by atoms with Gasteiger partial charge in [0.25, 0.3) is 0 Å². The van der Waals surface area contributed by atoms with Gasteiger partial charge >= 0.3 is 0 Å². The van der Waals surface area contributed by atoms with Gasteiger partial charge in [-0.2, -0.15) is 0 Å². The van der Waals surface area contributed by atoms with E-state index >= 15 is 0 Å². The van der Waals surface area contributed by atoms with Crippen molar-refractivity contribution in [2.75, 3.05) is 41.3 Å². The SMILES string of the molecule is O=C(Cc1ccccc1)Nc1ccc(-c2ccc3ncc(N4CCN(c5cnccn5)CC4)nc3c2)cc1. The van der Waals surface area contributed by atoms with E-state index in [1.54, 1.807) is 18.6 Å². The van der Waals surface area contributed by atoms with Gasteiger partial charge in [-0.05, 0) is 41.0 Å². The van der Waals surface area contributed by atoms with E-state index in [-0.39, 0.29) is 5.91 Å². The maximum absolute atomic E-state index is 12.4. The van der Waals surface area contributed by atoms with Gasteiger partial charge in [-0.1, -0.05) is 48.5 Å². The molecule has 0 bridgehead atoms. The molecule has 3 aromatic carbocycles. The Bertz CT molecular complexity index is 1530. The first-order valence-electron chi connectivity index (χ1n) is 12.7. The quantitative estimate of drug-likeness (QED) is 0.364. The molecule has 0 radical (unpaired) electrons. The van der Waals surface area contributed by atoms with Crippen LogP contribution in [0.1, 0.15) is 5.56 Å². The number of carbonyl (C=O) groups excluding carboxylic acids is 1. The summed E-state index contributed by atoms with van der Waals surface area (Å²) in [6.45, 7) is 3.39. The topological polar surface area (TPSA) is 87.1 Å². The predicted octanol–water partition coefficient (Wildman–Crippen LogP) is 4.59. The molecule has 2 aromatic heterocycles. The van der Waals surface area contributed by atoms with Crippen molar-refractivity contribution < 1.29 is 4.79 Å². The number of piperazine rings is 1. The van der Waals surface area contributed by atoms with Gasteiger partial charge in [-0.25, -0.2) is 9.97 Å². The lowest BCUT2D eigenvalue weighted by molar-refractivity contribution is -0.115. The number of nitrogens with one attached hydrogen (secondary N) is 1. The lowest BCUT2D eigenvalue weighted by Crippen LogP contribution is -2.47. The van der Waals surface area contributed by atoms with Crippen LogP contribution in [0, 0.1) is 0 Å². The van der Waals surface area contributed by atoms with Gasteiger partial charge in [0.05, 0.1) is 29.8 Å². The Morgan fingerprint density at radius 1 is 0.737 bits per heavy atom. The molecular weight excluding hydrogens is 474 g/mol. The number of amides is 1. The van der Waals surface area contributed by atoms with E-state index in [0.717, 1.165) is 71.2 Å². The van der Waals surface area contributed by atoms with Crippen molar-refractivity contribution in [3.8, 4) is 11.1 Å². The highest BCUT2D eigenvalue weighted by Crippen LogP contribution is 2.26. The van der Waals surface area contributed by atoms with Crippen molar-refractivity contribution in [1.29, 1.82) is 0 Å². The molecule has 1 aliphatic heterocycles. The summed E-state index contributed by atoms with van der Waals surface area (Å²) in [5, 5.41) is 2.98. The highest BCUT2D eigenvalue weighted by molar-refractivity contribution is 5.92. The van der Waals surface area contributed by atoms with E-state index in [9.17, 15) is 4.79 Å². The van der Waals surface area contributed by atoms with E-state index in [0.29, 0.717) is 6.42 Å². The fourth-order valence-corrected chi connectivity index (χ4v) is 4.69. The number of anilines is 3. The van der Waals surface area contributed by atoms with Crippen LogP contribution < -0.4 is 15.1 Å². The van der Waals surface area contributed by atoms with Gasteiger partial charge < -0.3 is 15.1 Å². The van der Waals surface area contributed by atoms with Gasteiger partial charge in [-0.15, -0.1) is 0 Å². The van der Waals surface area contributed by atoms with Crippen LogP contribution in [0.25, 0.3) is 22.2 Å². The second kappa shape index (κ2) is 10.6. The summed E-state index contributed by atoms with van der Waals surface area (Å²) in [6, 6.07) is 23.8. The molecule has 1 saturated heterocycles. The van der Waals surface area contributed by atoms with Crippen LogP contribution in [0.5, 0.6) is 0 Å². The Morgan fingerprint density at radius 3 is 2.21 bits per heavy atom. The summed E-state index contributed by atoms with van der Waals surface area (Å²) < 4.78 is 0. The van der Waals surface area contributed by atoms with Gasteiger partial charge in [0.1, 0.15) is 11.6 Å². The average Bonchev–Trinajstić information content (AvgIpc) is 2.98. The zero-order chi connectivity index (χ0) is 25.7. The molecule has 0 unspecified atom stereocenters. The van der Waals surface area contributed by atoms with Crippen LogP contribution >= 0.6 is 0 Å². The highest BCUT2D eigenvalue weighted by atomic mass is 16.1. The zero-order valence-corrected chi connectivity index (χ0v) is 20.9. The Balaban J connectivity index is 1.13. The molecular formula is C30H27N7O. The van der Waals surface area contributed by atoms with Crippen molar-refractivity contribution in [2.45, 2.75) is 6.42 Å². The van der Waals surface area contributed by atoms with Crippen LogP contribution in [0.4, 0.5) is 17.3 Å². The van der Waals surface area contributed by atoms with Gasteiger partial charge in [0, 0.05) is 44.3 Å². The molecule has 0 aliphatic carbocycles. The van der Waals surface area contributed by atoms with Gasteiger partial charge in [0.2, 0.25) is 5.91 Å². The monoisotopic (exact) mass is 501 g/mol. The Kier molecular flexibility index (Phi) is 6.59. The number of rotatable bonds is 6. The molecule has 38 heavy (non-hydrogen) atoms. The lowest BCUT2D eigenvalue weighted by atomic mass is 10.0. The van der Waals surface area contributed by atoms with Crippen molar-refractivity contribution in [1.82, 2.24) is 19.9 Å². The molecule has 0 atom stereocenters. The molecule has 3 heterocycles. The van der Waals surface area contributed by atoms with Crippen molar-refractivity contribution in [3.63, 3.8) is 0 Å². The standard InChI is InChI=1S/C30H27N7O/c38-30(18-22-4-2-1-3-5-22)34-25-9-6-23(7-10-25)24-8-11-26-27(19-24)35-29(21-33-26)37-16-14-36(15-17-37)28-20-31-12-13-32-28/h1-13,19-21H,14-18H2,(H,34,38). The second-order valence-corrected chi connectivity index (χ2v) is 9.26. The number of carbonyl (C=O) groups is 1. The molecule has 1 aliphatic rings. The zero-order valence-electron chi connectivity index (χ0n) is 20.9. The number of nitrogens with zero attached hydrogens (tertiary/aromatic N) is 6. The summed E-state index contributed by atoms with van der Waals surface area (Å²) in [7, 11) is 0. The van der Waals surface area contributed by atoms with Crippen LogP contribution in [-0.4, -0.2) is 52.0 Å². The maximum atomic E-state index is 12.4. The minimum absolute atomic E-state index is 0.0324. The Morgan fingerprint density at radius 2 is 1.47 bits per heavy atom. The molecule has 0 spiro atoms. The fraction of sp³-hybridized carbons (Fsp3) is 0.167. The molecule has 8 heteroatoms. The summed E-state index contributed by atoms with van der Waals surface area (Å²) in [4.78, 5) is 35.1. The number of aromatic nitrogens is 4. The summed E-state index contributed by atoms with van der Waals surface area (Å²) in [5.74, 6) is 1.75. The summed E-state index contributed by atoms with van der Waals surface area (Å²) in [6.07, 6.45) is 7.43. The van der Waals surface area contributed by atoms with Gasteiger partial charge in [0.15, 0.2) is 0 Å². The molecule has 6 rings (SSSR count). The Labute approximate surface area is 221 Å². The van der Waals surface area contributed by atoms with Crippen molar-refractivity contribution in [3.05, 3.63) is 103 Å². The third kappa shape index (κ3) is 5.29. The molecule has 188 valence electrons. The van der Waals surface area contributed by atoms with Crippen LogP contribution in [-0.2, 0) is 11.2 Å². The average molecular weight is 502 g/mol. The minimum atomic E-state index is -0.0324. The molecule has 1 fully saturated rings. The molecule has 8 nitrogen and oxygen atoms in total. The number of benzene rings is 3. The van der Waals surface area contributed by atoms with Crippen LogP contribution in [0.15, 0.2) is 97.6 Å². The minimum Gasteiger partial charge on any atom is -0.352 e. The van der Waals surface area contributed by atoms with E-state index < -0.39 is 0 Å². The Hall–Kier alpha value is -4.85. The number of hydrogen-bond donors (Lipinski definition) is 1. The first-order chi connectivity index (χ1) is 18.7. The van der Waals surface area contributed by atoms with E-state index in [1.165, 1.54) is 0 Å². The molecule has 1 amide bonds. The smallest absolute Gasteiger partial charge is 0.228 e. The first kappa shape index (κ1) is 23.5. The second-order valence-electron chi connectivity index (χ2n) is 9.26. The summed E-state index contributed by atoms with van der Waals surface area (Å²) >= 11 is 0. The fourth-order valence-electron chi connectivity index (χ4n) is 4.69. The van der Waals surface area contributed by atoms with E-state index in [4.69, 9.17) is 4.98 Å². The van der Waals surface area contributed by atoms with Gasteiger partial charge in [-0.3, -0.25) is 14.8 Å².